The van der Waals surface area contributed by atoms with Crippen LogP contribution in [0.3, 0.4) is 0 Å². The smallest absolute Gasteiger partial charge is 0.186 e. The number of hydrogen-bond acceptors (Lipinski definition) is 7. The second-order valence-electron chi connectivity index (χ2n) is 17.8. The minimum Gasteiger partial charge on any atom is -0.507 e. The van der Waals surface area contributed by atoms with Crippen LogP contribution in [0.4, 0.5) is 34.1 Å². The van der Waals surface area contributed by atoms with Gasteiger partial charge in [0.2, 0.25) is 0 Å². The molecule has 7 aromatic carbocycles. The molecule has 0 bridgehead atoms. The summed E-state index contributed by atoms with van der Waals surface area (Å²) in [7, 11) is 0. The van der Waals surface area contributed by atoms with E-state index in [1.807, 2.05) is 176 Å². The summed E-state index contributed by atoms with van der Waals surface area (Å²) in [6, 6.07) is 35.9. The molecule has 5 N–H and O–H groups in total. The van der Waals surface area contributed by atoms with Gasteiger partial charge in [-0.15, -0.1) is 0 Å². The monoisotopic (exact) mass is 794 g/mol. The Bertz CT molecular complexity index is 2600. The van der Waals surface area contributed by atoms with Gasteiger partial charge in [0.1, 0.15) is 22.9 Å². The average Bonchev–Trinajstić information content (AvgIpc) is 3.60. The van der Waals surface area contributed by atoms with E-state index >= 15 is 0 Å². The van der Waals surface area contributed by atoms with Crippen LogP contribution in [0.1, 0.15) is 77.8 Å². The highest BCUT2D eigenvalue weighted by Gasteiger charge is 2.48. The Morgan fingerprint density at radius 1 is 0.367 bits per heavy atom. The molecule has 0 atom stereocenters. The van der Waals surface area contributed by atoms with Gasteiger partial charge in [-0.3, -0.25) is 0 Å². The molecule has 0 amide bonds. The van der Waals surface area contributed by atoms with Crippen molar-refractivity contribution in [2.75, 3.05) is 9.80 Å². The van der Waals surface area contributed by atoms with E-state index in [1.54, 1.807) is 4.90 Å². The van der Waals surface area contributed by atoms with Crippen molar-refractivity contribution < 1.29 is 25.5 Å². The average molecular weight is 795 g/mol. The first-order valence-corrected chi connectivity index (χ1v) is 20.4. The summed E-state index contributed by atoms with van der Waals surface area (Å²) in [5, 5.41) is 61.8. The number of phenols is 5. The first-order chi connectivity index (χ1) is 28.4. The van der Waals surface area contributed by atoms with Gasteiger partial charge < -0.3 is 35.3 Å². The second kappa shape index (κ2) is 13.3. The SMILES string of the molecule is Cc1ccc(N(c2ccc(C)cc2)c2c(C)c(O)c3c(c2O)C(C)(C)c2cc4c(cc2-3)C(C)(C)c2c(O)c(N(c3ccc(C)cc3)c3ccc(C)cc3)c(O)c(O)c2-4)cc1. The zero-order chi connectivity index (χ0) is 42.7. The standard InChI is InChI=1S/C53H50N2O5/c1-28-10-18-33(19-11-28)54(34-20-12-29(2)13-21-34)45-32(5)47(56)41-37-26-40-38(27-39(37)52(6,7)43(41)49(45)58)42-44(53(40,8)9)50(59)46(51(60)48(42)57)55(35-22-14-30(3)15-23-35)36-24-16-31(4)17-25-36/h10-27,56-60H,1-9H3. The molecule has 7 nitrogen and oxygen atoms in total. The van der Waals surface area contributed by atoms with Crippen LogP contribution in [-0.2, 0) is 10.8 Å². The number of phenolic OH excluding ortho intramolecular Hbond substituents is 5. The van der Waals surface area contributed by atoms with E-state index in [0.29, 0.717) is 50.4 Å². The van der Waals surface area contributed by atoms with E-state index in [1.165, 1.54) is 0 Å². The number of rotatable bonds is 6. The molecule has 7 aromatic rings. The number of hydrogen-bond donors (Lipinski definition) is 5. The van der Waals surface area contributed by atoms with Gasteiger partial charge >= 0.3 is 0 Å². The normalized spacial score (nSPS) is 14.0. The van der Waals surface area contributed by atoms with Crippen LogP contribution in [-0.4, -0.2) is 25.5 Å². The molecule has 0 saturated heterocycles. The van der Waals surface area contributed by atoms with Crippen molar-refractivity contribution in [3.63, 3.8) is 0 Å². The third kappa shape index (κ3) is 5.48. The fraction of sp³-hybridized carbons (Fsp3) is 0.208. The molecule has 0 aliphatic heterocycles. The molecule has 2 aliphatic carbocycles. The van der Waals surface area contributed by atoms with Crippen molar-refractivity contribution in [1.29, 1.82) is 0 Å². The van der Waals surface area contributed by atoms with E-state index in [0.717, 1.165) is 50.3 Å². The molecule has 2 aliphatic rings. The van der Waals surface area contributed by atoms with E-state index in [2.05, 4.69) is 0 Å². The number of nitrogens with zero attached hydrogens (tertiary/aromatic N) is 2. The highest BCUT2D eigenvalue weighted by molar-refractivity contribution is 6.01. The maximum atomic E-state index is 12.6. The van der Waals surface area contributed by atoms with Crippen molar-refractivity contribution in [1.82, 2.24) is 0 Å². The summed E-state index contributed by atoms with van der Waals surface area (Å²) in [6.45, 7) is 18.0. The van der Waals surface area contributed by atoms with Gasteiger partial charge in [-0.25, -0.2) is 0 Å². The Balaban J connectivity index is 1.25. The third-order valence-electron chi connectivity index (χ3n) is 13.0. The Morgan fingerprint density at radius 2 is 0.667 bits per heavy atom. The van der Waals surface area contributed by atoms with Crippen molar-refractivity contribution >= 4 is 34.1 Å². The van der Waals surface area contributed by atoms with Gasteiger partial charge in [-0.05, 0) is 118 Å². The van der Waals surface area contributed by atoms with Gasteiger partial charge in [0.25, 0.3) is 0 Å². The summed E-state index contributed by atoms with van der Waals surface area (Å²) < 4.78 is 0. The Kier molecular flexibility index (Phi) is 8.59. The lowest BCUT2D eigenvalue weighted by atomic mass is 9.78. The number of fused-ring (bicyclic) bond motifs is 6. The zero-order valence-corrected chi connectivity index (χ0v) is 35.5. The number of benzene rings is 7. The summed E-state index contributed by atoms with van der Waals surface area (Å²) in [6.07, 6.45) is 0. The first-order valence-electron chi connectivity index (χ1n) is 20.4. The predicted octanol–water partition coefficient (Wildman–Crippen LogP) is 13.3. The lowest BCUT2D eigenvalue weighted by molar-refractivity contribution is 0.396. The third-order valence-corrected chi connectivity index (χ3v) is 13.0. The molecule has 9 rings (SSSR count). The molecule has 0 saturated carbocycles. The van der Waals surface area contributed by atoms with E-state index < -0.39 is 16.6 Å². The topological polar surface area (TPSA) is 108 Å². The lowest BCUT2D eigenvalue weighted by Crippen LogP contribution is -2.19. The molecular weight excluding hydrogens is 745 g/mol. The van der Waals surface area contributed by atoms with Gasteiger partial charge in [0, 0.05) is 61.4 Å². The van der Waals surface area contributed by atoms with E-state index in [4.69, 9.17) is 0 Å². The highest BCUT2D eigenvalue weighted by atomic mass is 16.3. The largest absolute Gasteiger partial charge is 0.507 e. The van der Waals surface area contributed by atoms with Gasteiger partial charge in [-0.1, -0.05) is 98.5 Å². The maximum Gasteiger partial charge on any atom is 0.186 e. The summed E-state index contributed by atoms with van der Waals surface area (Å²) in [5.41, 5.74) is 11.9. The predicted molar refractivity (Wildman–Crippen MR) is 243 cm³/mol. The molecule has 0 heterocycles. The zero-order valence-electron chi connectivity index (χ0n) is 35.5. The number of aryl methyl sites for hydroxylation is 4. The fourth-order valence-corrected chi connectivity index (χ4v) is 9.66. The molecule has 7 heteroatoms. The van der Waals surface area contributed by atoms with Gasteiger partial charge in [0.15, 0.2) is 11.5 Å². The van der Waals surface area contributed by atoms with Crippen LogP contribution < -0.4 is 9.80 Å². The number of anilines is 6. The van der Waals surface area contributed by atoms with Crippen LogP contribution in [0, 0.1) is 34.6 Å². The van der Waals surface area contributed by atoms with Crippen LogP contribution in [0.25, 0.3) is 22.3 Å². The fourth-order valence-electron chi connectivity index (χ4n) is 9.66. The van der Waals surface area contributed by atoms with Crippen molar-refractivity contribution in [3.05, 3.63) is 159 Å². The summed E-state index contributed by atoms with van der Waals surface area (Å²) in [5.74, 6) is -0.785. The Morgan fingerprint density at radius 3 is 1.02 bits per heavy atom. The van der Waals surface area contributed by atoms with E-state index in [9.17, 15) is 25.5 Å². The van der Waals surface area contributed by atoms with Crippen LogP contribution in [0.15, 0.2) is 109 Å². The molecule has 0 fully saturated rings. The van der Waals surface area contributed by atoms with E-state index in [-0.39, 0.29) is 28.7 Å². The summed E-state index contributed by atoms with van der Waals surface area (Å²) >= 11 is 0. The molecule has 0 spiro atoms. The molecule has 0 aromatic heterocycles. The van der Waals surface area contributed by atoms with Crippen molar-refractivity contribution in [2.24, 2.45) is 0 Å². The molecule has 0 unspecified atom stereocenters. The van der Waals surface area contributed by atoms with Crippen LogP contribution in [0.2, 0.25) is 0 Å². The molecule has 60 heavy (non-hydrogen) atoms. The van der Waals surface area contributed by atoms with Crippen LogP contribution in [0.5, 0.6) is 28.7 Å². The Hall–Kier alpha value is -6.86. The highest BCUT2D eigenvalue weighted by Crippen LogP contribution is 2.67. The minimum atomic E-state index is -0.872. The second-order valence-corrected chi connectivity index (χ2v) is 17.8. The quantitative estimate of drug-likeness (QED) is 0.0843. The summed E-state index contributed by atoms with van der Waals surface area (Å²) in [4.78, 5) is 3.78. The number of aromatic hydroxyl groups is 5. The molecule has 302 valence electrons. The van der Waals surface area contributed by atoms with Crippen molar-refractivity contribution in [3.8, 4) is 51.0 Å². The van der Waals surface area contributed by atoms with Crippen LogP contribution >= 0.6 is 0 Å². The van der Waals surface area contributed by atoms with Gasteiger partial charge in [0.05, 0.1) is 5.69 Å². The van der Waals surface area contributed by atoms with Gasteiger partial charge in [-0.2, -0.15) is 0 Å². The minimum absolute atomic E-state index is 0.0672. The first kappa shape index (κ1) is 38.6. The molecular formula is C53H50N2O5. The Labute approximate surface area is 351 Å². The lowest BCUT2D eigenvalue weighted by Gasteiger charge is -2.31. The maximum absolute atomic E-state index is 12.6. The van der Waals surface area contributed by atoms with Crippen molar-refractivity contribution in [2.45, 2.75) is 73.1 Å². The molecule has 0 radical (unpaired) electrons.